The number of hydrogen-bond acceptors (Lipinski definition) is 7. The van der Waals surface area contributed by atoms with E-state index in [2.05, 4.69) is 9.88 Å². The highest BCUT2D eigenvalue weighted by atomic mass is 19.1. The molecule has 2 aliphatic heterocycles. The van der Waals surface area contributed by atoms with E-state index in [1.165, 1.54) is 24.1 Å². The molecular formula is C23H24FN3O5. The van der Waals surface area contributed by atoms with Gasteiger partial charge in [0.1, 0.15) is 17.3 Å². The fourth-order valence-corrected chi connectivity index (χ4v) is 4.09. The van der Waals surface area contributed by atoms with Gasteiger partial charge in [-0.05, 0) is 35.9 Å². The van der Waals surface area contributed by atoms with Crippen molar-refractivity contribution in [1.29, 1.82) is 0 Å². The third-order valence-electron chi connectivity index (χ3n) is 5.74. The van der Waals surface area contributed by atoms with Crippen molar-refractivity contribution in [2.75, 3.05) is 46.5 Å². The molecule has 0 spiro atoms. The van der Waals surface area contributed by atoms with Crippen LogP contribution in [0.4, 0.5) is 4.39 Å². The molecule has 0 bridgehead atoms. The molecule has 0 unspecified atom stereocenters. The molecule has 4 rings (SSSR count). The number of nitrogens with zero attached hydrogens (tertiary/aromatic N) is 3. The maximum Gasteiger partial charge on any atom is 0.295 e. The molecule has 0 saturated carbocycles. The Morgan fingerprint density at radius 3 is 2.59 bits per heavy atom. The van der Waals surface area contributed by atoms with Crippen LogP contribution in [-0.4, -0.2) is 78.1 Å². The molecule has 9 heteroatoms. The number of aliphatic hydroxyl groups excluding tert-OH is 1. The summed E-state index contributed by atoms with van der Waals surface area (Å²) < 4.78 is 24.6. The van der Waals surface area contributed by atoms with Gasteiger partial charge in [-0.25, -0.2) is 4.39 Å². The van der Waals surface area contributed by atoms with Crippen LogP contribution in [0.3, 0.4) is 0 Å². The quantitative estimate of drug-likeness (QED) is 0.416. The molecule has 3 heterocycles. The van der Waals surface area contributed by atoms with Crippen LogP contribution in [0.15, 0.2) is 48.3 Å². The standard InChI is InChI=1S/C23H24FN3O5/c1-31-18-3-2-16(24)14-17(18)21(28)19-20(15-4-6-25-7-5-15)27(23(30)22(19)29)9-8-26-10-12-32-13-11-26/h2-7,14,20,28H,8-13H2,1H3/b21-19+/t20-/m0/s1. The van der Waals surface area contributed by atoms with Crippen molar-refractivity contribution in [2.45, 2.75) is 6.04 Å². The van der Waals surface area contributed by atoms with Crippen LogP contribution in [0, 0.1) is 5.82 Å². The Morgan fingerprint density at radius 2 is 1.91 bits per heavy atom. The highest BCUT2D eigenvalue weighted by Crippen LogP contribution is 2.40. The summed E-state index contributed by atoms with van der Waals surface area (Å²) in [6.45, 7) is 3.56. The maximum atomic E-state index is 14.0. The maximum absolute atomic E-state index is 14.0. The second-order valence-electron chi connectivity index (χ2n) is 7.57. The molecule has 168 valence electrons. The SMILES string of the molecule is COc1ccc(F)cc1/C(O)=C1\C(=O)C(=O)N(CCN2CCOCC2)[C@H]1c1ccncc1. The number of aliphatic hydroxyl groups is 1. The zero-order chi connectivity index (χ0) is 22.7. The smallest absolute Gasteiger partial charge is 0.295 e. The molecule has 2 aromatic rings. The summed E-state index contributed by atoms with van der Waals surface area (Å²) in [6.07, 6.45) is 3.11. The van der Waals surface area contributed by atoms with Crippen molar-refractivity contribution in [3.05, 3.63) is 65.2 Å². The van der Waals surface area contributed by atoms with Crippen molar-refractivity contribution in [3.8, 4) is 5.75 Å². The van der Waals surface area contributed by atoms with E-state index < -0.39 is 29.3 Å². The van der Waals surface area contributed by atoms with Crippen molar-refractivity contribution in [2.24, 2.45) is 0 Å². The van der Waals surface area contributed by atoms with Crippen molar-refractivity contribution in [3.63, 3.8) is 0 Å². The van der Waals surface area contributed by atoms with Gasteiger partial charge in [0.15, 0.2) is 0 Å². The summed E-state index contributed by atoms with van der Waals surface area (Å²) in [4.78, 5) is 33.7. The van der Waals surface area contributed by atoms with Gasteiger partial charge in [0.05, 0.1) is 37.5 Å². The Balaban J connectivity index is 1.76. The molecule has 2 aliphatic rings. The number of ether oxygens (including phenoxy) is 2. The number of morpholine rings is 1. The van der Waals surface area contributed by atoms with Gasteiger partial charge in [0.25, 0.3) is 11.7 Å². The normalized spacial score (nSPS) is 21.2. The number of halogens is 1. The van der Waals surface area contributed by atoms with E-state index in [1.807, 2.05) is 0 Å². The number of ketones is 1. The summed E-state index contributed by atoms with van der Waals surface area (Å²) in [7, 11) is 1.38. The van der Waals surface area contributed by atoms with Crippen LogP contribution >= 0.6 is 0 Å². The zero-order valence-electron chi connectivity index (χ0n) is 17.7. The van der Waals surface area contributed by atoms with E-state index in [4.69, 9.17) is 9.47 Å². The van der Waals surface area contributed by atoms with Crippen LogP contribution < -0.4 is 4.74 Å². The highest BCUT2D eigenvalue weighted by molar-refractivity contribution is 6.46. The number of carbonyl (C=O) groups is 2. The molecular weight excluding hydrogens is 417 g/mol. The van der Waals surface area contributed by atoms with Gasteiger partial charge in [-0.2, -0.15) is 0 Å². The molecule has 1 amide bonds. The first-order valence-electron chi connectivity index (χ1n) is 10.3. The molecule has 2 saturated heterocycles. The highest BCUT2D eigenvalue weighted by Gasteiger charge is 2.46. The van der Waals surface area contributed by atoms with Crippen LogP contribution in [0.5, 0.6) is 5.75 Å². The number of pyridine rings is 1. The predicted octanol–water partition coefficient (Wildman–Crippen LogP) is 1.98. The number of rotatable bonds is 6. The Kier molecular flexibility index (Phi) is 6.48. The Labute approximate surface area is 184 Å². The first-order valence-corrected chi connectivity index (χ1v) is 10.3. The lowest BCUT2D eigenvalue weighted by Gasteiger charge is -2.31. The van der Waals surface area contributed by atoms with Crippen LogP contribution in [-0.2, 0) is 14.3 Å². The number of amides is 1. The Hall–Kier alpha value is -3.30. The van der Waals surface area contributed by atoms with Crippen LogP contribution in [0.2, 0.25) is 0 Å². The largest absolute Gasteiger partial charge is 0.507 e. The average Bonchev–Trinajstić information content (AvgIpc) is 3.08. The van der Waals surface area contributed by atoms with Gasteiger partial charge in [-0.3, -0.25) is 19.5 Å². The first kappa shape index (κ1) is 21.9. The average molecular weight is 441 g/mol. The van der Waals surface area contributed by atoms with E-state index in [0.29, 0.717) is 25.3 Å². The fourth-order valence-electron chi connectivity index (χ4n) is 4.09. The van der Waals surface area contributed by atoms with Gasteiger partial charge < -0.3 is 19.5 Å². The minimum Gasteiger partial charge on any atom is -0.507 e. The molecule has 1 N–H and O–H groups in total. The van der Waals surface area contributed by atoms with Crippen LogP contribution in [0.1, 0.15) is 17.2 Å². The third-order valence-corrected chi connectivity index (χ3v) is 5.74. The van der Waals surface area contributed by atoms with Crippen molar-refractivity contribution in [1.82, 2.24) is 14.8 Å². The van der Waals surface area contributed by atoms with Crippen molar-refractivity contribution < 1.29 is 28.6 Å². The lowest BCUT2D eigenvalue weighted by Crippen LogP contribution is -2.42. The van der Waals surface area contributed by atoms with Gasteiger partial charge in [0, 0.05) is 38.6 Å². The number of benzene rings is 1. The molecule has 2 fully saturated rings. The summed E-state index contributed by atoms with van der Waals surface area (Å²) in [5.74, 6) is -2.42. The zero-order valence-corrected chi connectivity index (χ0v) is 17.7. The van der Waals surface area contributed by atoms with Gasteiger partial charge in [-0.15, -0.1) is 0 Å². The first-order chi connectivity index (χ1) is 15.5. The lowest BCUT2D eigenvalue weighted by molar-refractivity contribution is -0.140. The van der Waals surface area contributed by atoms with Crippen LogP contribution in [0.25, 0.3) is 5.76 Å². The molecule has 1 aromatic carbocycles. The molecule has 1 atom stereocenters. The van der Waals surface area contributed by atoms with E-state index in [1.54, 1.807) is 24.5 Å². The third kappa shape index (κ3) is 4.21. The topological polar surface area (TPSA) is 92.2 Å². The van der Waals surface area contributed by atoms with E-state index in [9.17, 15) is 19.1 Å². The van der Waals surface area contributed by atoms with E-state index in [0.717, 1.165) is 19.2 Å². The molecule has 8 nitrogen and oxygen atoms in total. The predicted molar refractivity (Wildman–Crippen MR) is 113 cm³/mol. The number of carbonyl (C=O) groups excluding carboxylic acids is 2. The minimum absolute atomic E-state index is 0.0118. The monoisotopic (exact) mass is 441 g/mol. The molecule has 32 heavy (non-hydrogen) atoms. The summed E-state index contributed by atoms with van der Waals surface area (Å²) in [5, 5.41) is 11.1. The second-order valence-corrected chi connectivity index (χ2v) is 7.57. The number of Topliss-reactive ketones (excluding diaryl/α,β-unsaturated/α-hetero) is 1. The summed E-state index contributed by atoms with van der Waals surface area (Å²) in [5.41, 5.74) is 0.530. The van der Waals surface area contributed by atoms with E-state index in [-0.39, 0.29) is 23.4 Å². The lowest BCUT2D eigenvalue weighted by atomic mass is 9.95. The van der Waals surface area contributed by atoms with Gasteiger partial charge in [-0.1, -0.05) is 0 Å². The Morgan fingerprint density at radius 1 is 1.19 bits per heavy atom. The van der Waals surface area contributed by atoms with E-state index >= 15 is 0 Å². The van der Waals surface area contributed by atoms with Gasteiger partial charge >= 0.3 is 0 Å². The second kappa shape index (κ2) is 9.46. The number of aromatic nitrogens is 1. The van der Waals surface area contributed by atoms with Gasteiger partial charge in [0.2, 0.25) is 0 Å². The number of methoxy groups -OCH3 is 1. The molecule has 0 aliphatic carbocycles. The minimum atomic E-state index is -0.827. The fraction of sp³-hybridized carbons (Fsp3) is 0.348. The molecule has 1 aromatic heterocycles. The molecule has 0 radical (unpaired) electrons. The summed E-state index contributed by atoms with van der Waals surface area (Å²) in [6, 6.07) is 6.19. The number of hydrogen-bond donors (Lipinski definition) is 1. The summed E-state index contributed by atoms with van der Waals surface area (Å²) >= 11 is 0. The number of likely N-dealkylation sites (tertiary alicyclic amines) is 1. The van der Waals surface area contributed by atoms with Crippen molar-refractivity contribution >= 4 is 17.4 Å². The Bertz CT molecular complexity index is 1040.